The third-order valence-corrected chi connectivity index (χ3v) is 6.24. The van der Waals surface area contributed by atoms with Crippen molar-refractivity contribution >= 4 is 23.4 Å². The largest absolute Gasteiger partial charge is 0.497 e. The molecule has 180 valence electrons. The average molecular weight is 466 g/mol. The van der Waals surface area contributed by atoms with Gasteiger partial charge in [-0.2, -0.15) is 0 Å². The van der Waals surface area contributed by atoms with Crippen molar-refractivity contribution in [1.82, 2.24) is 10.2 Å². The molecular formula is C26H31N3O5. The zero-order valence-corrected chi connectivity index (χ0v) is 19.8. The lowest BCUT2D eigenvalue weighted by molar-refractivity contribution is -0.126. The molecule has 0 aliphatic carbocycles. The summed E-state index contributed by atoms with van der Waals surface area (Å²) in [7, 11) is 1.58. The second kappa shape index (κ2) is 10.3. The fraction of sp³-hybridized carbons (Fsp3) is 0.423. The van der Waals surface area contributed by atoms with Gasteiger partial charge < -0.3 is 24.6 Å². The van der Waals surface area contributed by atoms with Crippen molar-refractivity contribution in [1.29, 1.82) is 0 Å². The Hall–Kier alpha value is -3.39. The summed E-state index contributed by atoms with van der Waals surface area (Å²) in [5, 5.41) is 2.93. The molecule has 3 unspecified atom stereocenters. The molecule has 2 fully saturated rings. The molecule has 3 atom stereocenters. The molecule has 2 aliphatic rings. The van der Waals surface area contributed by atoms with E-state index in [0.717, 1.165) is 11.3 Å². The van der Waals surface area contributed by atoms with Crippen LogP contribution in [-0.2, 0) is 20.9 Å². The Bertz CT molecular complexity index is 1040. The summed E-state index contributed by atoms with van der Waals surface area (Å²) in [6.45, 7) is 5.76. The number of amides is 3. The molecule has 8 nitrogen and oxygen atoms in total. The number of nitrogens with one attached hydrogen (secondary N) is 1. The number of hydrogen-bond donors (Lipinski definition) is 1. The number of carbonyl (C=O) groups is 3. The van der Waals surface area contributed by atoms with Crippen LogP contribution >= 0.6 is 0 Å². The molecule has 0 saturated carbocycles. The first kappa shape index (κ1) is 23.8. The minimum Gasteiger partial charge on any atom is -0.497 e. The Morgan fingerprint density at radius 3 is 2.44 bits per heavy atom. The van der Waals surface area contributed by atoms with Crippen molar-refractivity contribution < 1.29 is 23.9 Å². The zero-order valence-electron chi connectivity index (χ0n) is 19.8. The monoisotopic (exact) mass is 465 g/mol. The summed E-state index contributed by atoms with van der Waals surface area (Å²) in [6, 6.07) is 14.5. The van der Waals surface area contributed by atoms with Crippen LogP contribution in [0.15, 0.2) is 48.5 Å². The van der Waals surface area contributed by atoms with Gasteiger partial charge in [0.25, 0.3) is 5.91 Å². The van der Waals surface area contributed by atoms with E-state index in [1.165, 1.54) is 0 Å². The van der Waals surface area contributed by atoms with Crippen molar-refractivity contribution in [3.63, 3.8) is 0 Å². The highest BCUT2D eigenvalue weighted by Crippen LogP contribution is 2.28. The number of morpholine rings is 1. The number of ether oxygens (including phenoxy) is 2. The van der Waals surface area contributed by atoms with Crippen LogP contribution in [0.5, 0.6) is 5.75 Å². The minimum absolute atomic E-state index is 0.0142. The summed E-state index contributed by atoms with van der Waals surface area (Å²) in [5.74, 6) is 0.000483. The molecule has 0 radical (unpaired) electrons. The van der Waals surface area contributed by atoms with Crippen LogP contribution < -0.4 is 15.0 Å². The predicted molar refractivity (Wildman–Crippen MR) is 128 cm³/mol. The molecular weight excluding hydrogens is 434 g/mol. The quantitative estimate of drug-likeness (QED) is 0.709. The van der Waals surface area contributed by atoms with Gasteiger partial charge in [0.05, 0.1) is 25.2 Å². The van der Waals surface area contributed by atoms with Gasteiger partial charge in [-0.3, -0.25) is 14.4 Å². The van der Waals surface area contributed by atoms with Crippen LogP contribution in [-0.4, -0.2) is 61.6 Å². The van der Waals surface area contributed by atoms with Crippen LogP contribution in [0.1, 0.15) is 36.2 Å². The molecule has 2 aliphatic heterocycles. The fourth-order valence-corrected chi connectivity index (χ4v) is 4.54. The van der Waals surface area contributed by atoms with Crippen LogP contribution in [0.3, 0.4) is 0 Å². The second-order valence-corrected chi connectivity index (χ2v) is 8.99. The molecule has 2 aromatic carbocycles. The Labute approximate surface area is 199 Å². The molecule has 0 bridgehead atoms. The number of rotatable bonds is 6. The number of anilines is 1. The summed E-state index contributed by atoms with van der Waals surface area (Å²) in [6.07, 6.45) is 0.210. The van der Waals surface area contributed by atoms with Gasteiger partial charge in [-0.05, 0) is 43.7 Å². The predicted octanol–water partition coefficient (Wildman–Crippen LogP) is 2.61. The van der Waals surface area contributed by atoms with Crippen molar-refractivity contribution in [3.05, 3.63) is 59.7 Å². The average Bonchev–Trinajstić information content (AvgIpc) is 3.23. The van der Waals surface area contributed by atoms with Gasteiger partial charge in [0, 0.05) is 49.9 Å². The van der Waals surface area contributed by atoms with Gasteiger partial charge in [0.1, 0.15) is 5.75 Å². The number of nitrogens with zero attached hydrogens (tertiary/aromatic N) is 2. The lowest BCUT2D eigenvalue weighted by Crippen LogP contribution is -2.48. The number of hydrogen-bond acceptors (Lipinski definition) is 5. The summed E-state index contributed by atoms with van der Waals surface area (Å²) < 4.78 is 10.9. The molecule has 0 spiro atoms. The lowest BCUT2D eigenvalue weighted by atomic mass is 10.1. The third-order valence-electron chi connectivity index (χ3n) is 6.24. The zero-order chi connectivity index (χ0) is 24.2. The van der Waals surface area contributed by atoms with Crippen LogP contribution in [0.2, 0.25) is 0 Å². The van der Waals surface area contributed by atoms with Gasteiger partial charge in [-0.15, -0.1) is 0 Å². The first-order valence-corrected chi connectivity index (χ1v) is 11.6. The normalized spacial score (nSPS) is 22.6. The van der Waals surface area contributed by atoms with E-state index in [9.17, 15) is 14.4 Å². The van der Waals surface area contributed by atoms with E-state index in [1.807, 2.05) is 49.1 Å². The van der Waals surface area contributed by atoms with Crippen LogP contribution in [0.4, 0.5) is 5.69 Å². The first-order chi connectivity index (χ1) is 16.3. The molecule has 0 aromatic heterocycles. The van der Waals surface area contributed by atoms with Gasteiger partial charge >= 0.3 is 0 Å². The first-order valence-electron chi connectivity index (χ1n) is 11.6. The molecule has 8 heteroatoms. The smallest absolute Gasteiger partial charge is 0.254 e. The SMILES string of the molecule is COc1cccc(N2CC(C(=O)NCc3ccc(C(=O)N4CC(C)OC(C)C4)cc3)CC2=O)c1. The molecule has 3 amide bonds. The molecule has 1 N–H and O–H groups in total. The topological polar surface area (TPSA) is 88.2 Å². The van der Waals surface area contributed by atoms with E-state index in [2.05, 4.69) is 5.32 Å². The molecule has 4 rings (SSSR count). The molecule has 34 heavy (non-hydrogen) atoms. The van der Waals surface area contributed by atoms with Crippen molar-refractivity contribution in [3.8, 4) is 5.75 Å². The van der Waals surface area contributed by atoms with E-state index in [1.54, 1.807) is 30.2 Å². The lowest BCUT2D eigenvalue weighted by Gasteiger charge is -2.35. The summed E-state index contributed by atoms with van der Waals surface area (Å²) >= 11 is 0. The van der Waals surface area contributed by atoms with Crippen LogP contribution in [0.25, 0.3) is 0 Å². The van der Waals surface area contributed by atoms with Gasteiger partial charge in [-0.25, -0.2) is 0 Å². The third kappa shape index (κ3) is 5.39. The number of benzene rings is 2. The second-order valence-electron chi connectivity index (χ2n) is 8.99. The van der Waals surface area contributed by atoms with Gasteiger partial charge in [-0.1, -0.05) is 18.2 Å². The standard InChI is InChI=1S/C26H31N3O5/c1-17-14-28(15-18(2)34-17)26(32)20-9-7-19(8-10-20)13-27-25(31)21-11-24(30)29(16-21)22-5-4-6-23(12-22)33-3/h4-10,12,17-18,21H,11,13-16H2,1-3H3,(H,27,31). The maximum absolute atomic E-state index is 12.8. The van der Waals surface area contributed by atoms with E-state index < -0.39 is 5.92 Å². The van der Waals surface area contributed by atoms with Crippen molar-refractivity contribution in [2.45, 2.75) is 39.0 Å². The van der Waals surface area contributed by atoms with Crippen LogP contribution in [0, 0.1) is 5.92 Å². The fourth-order valence-electron chi connectivity index (χ4n) is 4.54. The van der Waals surface area contributed by atoms with E-state index in [4.69, 9.17) is 9.47 Å². The molecule has 2 saturated heterocycles. The molecule has 2 heterocycles. The Morgan fingerprint density at radius 2 is 1.76 bits per heavy atom. The Morgan fingerprint density at radius 1 is 1.06 bits per heavy atom. The highest BCUT2D eigenvalue weighted by Gasteiger charge is 2.35. The molecule has 2 aromatic rings. The maximum Gasteiger partial charge on any atom is 0.254 e. The summed E-state index contributed by atoms with van der Waals surface area (Å²) in [5.41, 5.74) is 2.23. The number of carbonyl (C=O) groups excluding carboxylic acids is 3. The van der Waals surface area contributed by atoms with E-state index >= 15 is 0 Å². The van der Waals surface area contributed by atoms with E-state index in [0.29, 0.717) is 37.5 Å². The van der Waals surface area contributed by atoms with Crippen molar-refractivity contribution in [2.75, 3.05) is 31.6 Å². The highest BCUT2D eigenvalue weighted by atomic mass is 16.5. The Balaban J connectivity index is 1.31. The maximum atomic E-state index is 12.8. The number of methoxy groups -OCH3 is 1. The minimum atomic E-state index is -0.412. The van der Waals surface area contributed by atoms with Gasteiger partial charge in [0.15, 0.2) is 0 Å². The van der Waals surface area contributed by atoms with Gasteiger partial charge in [0.2, 0.25) is 11.8 Å². The van der Waals surface area contributed by atoms with Crippen molar-refractivity contribution in [2.24, 2.45) is 5.92 Å². The van der Waals surface area contributed by atoms with E-state index in [-0.39, 0.29) is 36.4 Å². The Kier molecular flexibility index (Phi) is 7.17. The highest BCUT2D eigenvalue weighted by molar-refractivity contribution is 6.00. The summed E-state index contributed by atoms with van der Waals surface area (Å²) in [4.78, 5) is 41.5.